The summed E-state index contributed by atoms with van der Waals surface area (Å²) in [7, 11) is 0. The molecule has 1 aromatic carbocycles. The molecule has 7 heteroatoms. The highest BCUT2D eigenvalue weighted by atomic mass is 35.5. The number of halogens is 1. The molecular formula is C18H19ClN4O2. The first-order valence-corrected chi connectivity index (χ1v) is 8.47. The molecule has 0 atom stereocenters. The van der Waals surface area contributed by atoms with Crippen molar-refractivity contribution in [2.45, 2.75) is 6.54 Å². The third-order valence-electron chi connectivity index (χ3n) is 4.20. The smallest absolute Gasteiger partial charge is 0.270 e. The van der Waals surface area contributed by atoms with Crippen molar-refractivity contribution in [3.8, 4) is 0 Å². The number of hydrogen-bond donors (Lipinski definition) is 1. The van der Waals surface area contributed by atoms with Crippen molar-refractivity contribution in [1.29, 1.82) is 0 Å². The minimum atomic E-state index is -0.242. The van der Waals surface area contributed by atoms with Crippen LogP contribution in [0.1, 0.15) is 16.1 Å². The van der Waals surface area contributed by atoms with Crippen LogP contribution in [0.2, 0.25) is 5.02 Å². The maximum Gasteiger partial charge on any atom is 0.270 e. The second-order valence-electron chi connectivity index (χ2n) is 5.80. The number of rotatable bonds is 5. The van der Waals surface area contributed by atoms with Crippen LogP contribution in [0.25, 0.3) is 0 Å². The van der Waals surface area contributed by atoms with Crippen molar-refractivity contribution in [1.82, 2.24) is 15.2 Å². The van der Waals surface area contributed by atoms with Gasteiger partial charge >= 0.3 is 0 Å². The molecule has 2 heterocycles. The Bertz CT molecular complexity index is 760. The van der Waals surface area contributed by atoms with Crippen LogP contribution in [-0.2, 0) is 11.3 Å². The largest absolute Gasteiger partial charge is 0.368 e. The Morgan fingerprint density at radius 2 is 1.96 bits per heavy atom. The molecule has 3 rings (SSSR count). The summed E-state index contributed by atoms with van der Waals surface area (Å²) in [5.41, 5.74) is 2.16. The van der Waals surface area contributed by atoms with E-state index in [0.29, 0.717) is 30.4 Å². The number of nitrogens with one attached hydrogen (secondary N) is 1. The quantitative estimate of drug-likeness (QED) is 0.830. The molecule has 1 aromatic heterocycles. The molecule has 0 saturated carbocycles. The summed E-state index contributed by atoms with van der Waals surface area (Å²) in [5.74, 6) is -0.242. The lowest BCUT2D eigenvalue weighted by Crippen LogP contribution is -2.45. The number of carbonyl (C=O) groups excluding carboxylic acids is 2. The van der Waals surface area contributed by atoms with Crippen molar-refractivity contribution < 1.29 is 9.59 Å². The van der Waals surface area contributed by atoms with Gasteiger partial charge in [0.2, 0.25) is 6.41 Å². The highest BCUT2D eigenvalue weighted by Gasteiger charge is 2.17. The van der Waals surface area contributed by atoms with Crippen LogP contribution in [0.15, 0.2) is 42.6 Å². The molecule has 0 bridgehead atoms. The van der Waals surface area contributed by atoms with Gasteiger partial charge in [-0.05, 0) is 23.8 Å². The van der Waals surface area contributed by atoms with Crippen molar-refractivity contribution >= 4 is 29.6 Å². The Morgan fingerprint density at radius 3 is 2.68 bits per heavy atom. The number of anilines is 1. The molecule has 1 fully saturated rings. The molecule has 130 valence electrons. The van der Waals surface area contributed by atoms with E-state index < -0.39 is 0 Å². The van der Waals surface area contributed by atoms with Gasteiger partial charge in [0.05, 0.1) is 0 Å². The summed E-state index contributed by atoms with van der Waals surface area (Å²) in [4.78, 5) is 31.2. The van der Waals surface area contributed by atoms with E-state index in [0.717, 1.165) is 30.8 Å². The van der Waals surface area contributed by atoms with Crippen LogP contribution in [-0.4, -0.2) is 48.4 Å². The van der Waals surface area contributed by atoms with Crippen LogP contribution < -0.4 is 10.2 Å². The summed E-state index contributed by atoms with van der Waals surface area (Å²) in [6, 6.07) is 11.0. The lowest BCUT2D eigenvalue weighted by molar-refractivity contribution is -0.118. The third kappa shape index (κ3) is 4.28. The first-order chi connectivity index (χ1) is 12.2. The van der Waals surface area contributed by atoms with Crippen molar-refractivity contribution in [2.75, 3.05) is 31.1 Å². The zero-order valence-corrected chi connectivity index (χ0v) is 14.4. The predicted octanol–water partition coefficient (Wildman–Crippen LogP) is 1.94. The minimum absolute atomic E-state index is 0.242. The Labute approximate surface area is 151 Å². The van der Waals surface area contributed by atoms with E-state index in [1.54, 1.807) is 23.2 Å². The molecule has 1 saturated heterocycles. The Hall–Kier alpha value is -2.60. The fraction of sp³-hybridized carbons (Fsp3) is 0.278. The maximum absolute atomic E-state index is 12.4. The standard InChI is InChI=1S/C18H19ClN4O2/c19-16-4-2-1-3-14(16)12-21-18(25)17-11-15(5-6-20-17)23-9-7-22(13-24)8-10-23/h1-6,11,13H,7-10,12H2,(H,21,25). The van der Waals surface area contributed by atoms with Gasteiger partial charge in [-0.15, -0.1) is 0 Å². The molecule has 2 aromatic rings. The fourth-order valence-electron chi connectivity index (χ4n) is 2.73. The molecule has 0 spiro atoms. The van der Waals surface area contributed by atoms with E-state index in [1.807, 2.05) is 24.3 Å². The van der Waals surface area contributed by atoms with Gasteiger partial charge in [-0.3, -0.25) is 14.6 Å². The van der Waals surface area contributed by atoms with E-state index in [9.17, 15) is 9.59 Å². The number of benzene rings is 1. The Kier molecular flexibility index (Phi) is 5.50. The van der Waals surface area contributed by atoms with Crippen LogP contribution >= 0.6 is 11.6 Å². The van der Waals surface area contributed by atoms with Crippen LogP contribution in [0, 0.1) is 0 Å². The highest BCUT2D eigenvalue weighted by Crippen LogP contribution is 2.17. The molecule has 0 radical (unpaired) electrons. The van der Waals surface area contributed by atoms with Gasteiger partial charge in [0.1, 0.15) is 5.69 Å². The zero-order chi connectivity index (χ0) is 17.6. The monoisotopic (exact) mass is 358 g/mol. The average Bonchev–Trinajstić information content (AvgIpc) is 2.67. The van der Waals surface area contributed by atoms with Crippen LogP contribution in [0.4, 0.5) is 5.69 Å². The first-order valence-electron chi connectivity index (χ1n) is 8.09. The second kappa shape index (κ2) is 7.98. The summed E-state index contributed by atoms with van der Waals surface area (Å²) in [6.07, 6.45) is 2.50. The Morgan fingerprint density at radius 1 is 1.20 bits per heavy atom. The number of aromatic nitrogens is 1. The predicted molar refractivity (Wildman–Crippen MR) is 96.7 cm³/mol. The van der Waals surface area contributed by atoms with Gasteiger partial charge < -0.3 is 15.1 Å². The highest BCUT2D eigenvalue weighted by molar-refractivity contribution is 6.31. The number of nitrogens with zero attached hydrogens (tertiary/aromatic N) is 3. The van der Waals surface area contributed by atoms with Gasteiger partial charge in [-0.1, -0.05) is 29.8 Å². The molecule has 0 aliphatic carbocycles. The van der Waals surface area contributed by atoms with E-state index in [-0.39, 0.29) is 5.91 Å². The molecule has 2 amide bonds. The minimum Gasteiger partial charge on any atom is -0.368 e. The molecule has 1 N–H and O–H groups in total. The molecule has 1 aliphatic heterocycles. The van der Waals surface area contributed by atoms with Gasteiger partial charge in [-0.2, -0.15) is 0 Å². The van der Waals surface area contributed by atoms with Crippen molar-refractivity contribution in [3.05, 3.63) is 58.9 Å². The van der Waals surface area contributed by atoms with Crippen molar-refractivity contribution in [3.63, 3.8) is 0 Å². The molecule has 0 unspecified atom stereocenters. The number of amides is 2. The van der Waals surface area contributed by atoms with Crippen LogP contribution in [0.5, 0.6) is 0 Å². The lowest BCUT2D eigenvalue weighted by Gasteiger charge is -2.34. The normalized spacial score (nSPS) is 14.3. The number of hydrogen-bond acceptors (Lipinski definition) is 4. The number of piperazine rings is 1. The van der Waals surface area contributed by atoms with E-state index in [2.05, 4.69) is 15.2 Å². The average molecular weight is 359 g/mol. The van der Waals surface area contributed by atoms with E-state index in [4.69, 9.17) is 11.6 Å². The molecule has 6 nitrogen and oxygen atoms in total. The summed E-state index contributed by atoms with van der Waals surface area (Å²) < 4.78 is 0. The third-order valence-corrected chi connectivity index (χ3v) is 4.57. The first kappa shape index (κ1) is 17.2. The summed E-state index contributed by atoms with van der Waals surface area (Å²) in [6.45, 7) is 3.19. The fourth-order valence-corrected chi connectivity index (χ4v) is 2.94. The van der Waals surface area contributed by atoms with E-state index >= 15 is 0 Å². The lowest BCUT2D eigenvalue weighted by atomic mass is 10.2. The summed E-state index contributed by atoms with van der Waals surface area (Å²) >= 11 is 6.10. The maximum atomic E-state index is 12.4. The van der Waals surface area contributed by atoms with Gasteiger partial charge in [-0.25, -0.2) is 0 Å². The van der Waals surface area contributed by atoms with Gasteiger partial charge in [0, 0.05) is 49.6 Å². The van der Waals surface area contributed by atoms with Crippen LogP contribution in [0.3, 0.4) is 0 Å². The topological polar surface area (TPSA) is 65.5 Å². The van der Waals surface area contributed by atoms with E-state index in [1.165, 1.54) is 0 Å². The van der Waals surface area contributed by atoms with Crippen molar-refractivity contribution in [2.24, 2.45) is 0 Å². The number of pyridine rings is 1. The molecule has 1 aliphatic rings. The van der Waals surface area contributed by atoms with Gasteiger partial charge in [0.25, 0.3) is 5.91 Å². The molecular weight excluding hydrogens is 340 g/mol. The SMILES string of the molecule is O=CN1CCN(c2ccnc(C(=O)NCc3ccccc3Cl)c2)CC1. The summed E-state index contributed by atoms with van der Waals surface area (Å²) in [5, 5.41) is 3.47. The second-order valence-corrected chi connectivity index (χ2v) is 6.21. The molecule has 25 heavy (non-hydrogen) atoms. The Balaban J connectivity index is 1.64. The zero-order valence-electron chi connectivity index (χ0n) is 13.7. The number of carbonyl (C=O) groups is 2. The van der Waals surface area contributed by atoms with Gasteiger partial charge in [0.15, 0.2) is 0 Å².